The highest BCUT2D eigenvalue weighted by atomic mass is 16.6. The fraction of sp³-hybridized carbons (Fsp3) is 0.211. The molecule has 3 aromatic rings. The van der Waals surface area contributed by atoms with Gasteiger partial charge in [0.05, 0.1) is 10.6 Å². The van der Waals surface area contributed by atoms with Gasteiger partial charge >= 0.3 is 0 Å². The minimum Gasteiger partial charge on any atom is -0.508 e. The largest absolute Gasteiger partial charge is 0.508 e. The van der Waals surface area contributed by atoms with Crippen LogP contribution in [0.3, 0.4) is 0 Å². The first-order valence-electron chi connectivity index (χ1n) is 8.14. The van der Waals surface area contributed by atoms with Crippen LogP contribution in [0.2, 0.25) is 0 Å². The molecule has 3 rings (SSSR count). The zero-order valence-electron chi connectivity index (χ0n) is 13.8. The summed E-state index contributed by atoms with van der Waals surface area (Å²) in [6.45, 7) is 2.05. The number of unbranched alkanes of at least 4 members (excludes halogenated alkanes) is 1. The summed E-state index contributed by atoms with van der Waals surface area (Å²) in [6.07, 6.45) is 2.50. The van der Waals surface area contributed by atoms with Gasteiger partial charge in [0.25, 0.3) is 5.69 Å². The Kier molecular flexibility index (Phi) is 4.52. The number of aryl methyl sites for hydroxylation is 1. The van der Waals surface area contributed by atoms with Crippen molar-refractivity contribution in [3.8, 4) is 5.75 Å². The van der Waals surface area contributed by atoms with Crippen LogP contribution in [0.15, 0.2) is 42.5 Å². The highest BCUT2D eigenvalue weighted by Gasteiger charge is 2.20. The van der Waals surface area contributed by atoms with E-state index in [1.54, 1.807) is 18.2 Å². The number of non-ortho nitro benzene ring substituents is 1. The van der Waals surface area contributed by atoms with E-state index < -0.39 is 4.92 Å². The van der Waals surface area contributed by atoms with E-state index in [1.807, 2.05) is 0 Å². The van der Waals surface area contributed by atoms with Crippen LogP contribution in [0.5, 0.6) is 5.75 Å². The topological polar surface area (TPSA) is 96.2 Å². The average molecular weight is 338 g/mol. The highest BCUT2D eigenvalue weighted by Crippen LogP contribution is 2.29. The summed E-state index contributed by atoms with van der Waals surface area (Å²) in [5.74, 6) is -0.0972. The number of fused-ring (bicyclic) bond motifs is 1. The minimum absolute atomic E-state index is 0.00730. The zero-order valence-corrected chi connectivity index (χ0v) is 13.8. The molecule has 2 aromatic carbocycles. The average Bonchev–Trinajstić information content (AvgIpc) is 2.97. The van der Waals surface area contributed by atoms with E-state index in [2.05, 4.69) is 11.9 Å². The second kappa shape index (κ2) is 6.76. The maximum absolute atomic E-state index is 12.9. The summed E-state index contributed by atoms with van der Waals surface area (Å²) in [5.41, 5.74) is 2.43. The maximum atomic E-state index is 12.9. The Morgan fingerprint density at radius 1 is 1.20 bits per heavy atom. The number of nitro groups is 1. The number of nitrogens with zero attached hydrogens (tertiary/aromatic N) is 1. The lowest BCUT2D eigenvalue weighted by Gasteiger charge is -2.04. The number of carbonyl (C=O) groups is 1. The monoisotopic (exact) mass is 338 g/mol. The SMILES string of the molecule is CCCCc1c(C(=O)c2ccc(O)cc2)[nH]c2ccc([N+](=O)[O-])cc12. The first kappa shape index (κ1) is 16.7. The molecule has 0 saturated heterocycles. The molecular formula is C19H18N2O4. The third-order valence-electron chi connectivity index (χ3n) is 4.24. The van der Waals surface area contributed by atoms with Gasteiger partial charge in [-0.1, -0.05) is 13.3 Å². The molecule has 25 heavy (non-hydrogen) atoms. The number of aromatic nitrogens is 1. The molecule has 6 heteroatoms. The molecule has 0 aliphatic heterocycles. The zero-order chi connectivity index (χ0) is 18.0. The summed E-state index contributed by atoms with van der Waals surface area (Å²) in [7, 11) is 0. The van der Waals surface area contributed by atoms with Crippen molar-refractivity contribution >= 4 is 22.4 Å². The molecule has 0 aliphatic rings. The molecule has 0 radical (unpaired) electrons. The van der Waals surface area contributed by atoms with Gasteiger partial charge in [0.1, 0.15) is 5.75 Å². The molecule has 2 N–H and O–H groups in total. The molecule has 0 saturated carbocycles. The normalized spacial score (nSPS) is 10.9. The number of H-pyrrole nitrogens is 1. The summed E-state index contributed by atoms with van der Waals surface area (Å²) < 4.78 is 0. The number of hydrogen-bond acceptors (Lipinski definition) is 4. The standard InChI is InChI=1S/C19H18N2O4/c1-2-3-4-15-16-11-13(21(24)25)7-10-17(16)20-18(15)19(23)12-5-8-14(22)9-6-12/h5-11,20,22H,2-4H2,1H3. The van der Waals surface area contributed by atoms with Crippen LogP contribution in [0.25, 0.3) is 10.9 Å². The quantitative estimate of drug-likeness (QED) is 0.396. The maximum Gasteiger partial charge on any atom is 0.270 e. The van der Waals surface area contributed by atoms with Gasteiger partial charge in [-0.15, -0.1) is 0 Å². The van der Waals surface area contributed by atoms with E-state index in [-0.39, 0.29) is 17.2 Å². The van der Waals surface area contributed by atoms with E-state index in [0.29, 0.717) is 28.6 Å². The summed E-state index contributed by atoms with van der Waals surface area (Å²) in [4.78, 5) is 26.6. The Balaban J connectivity index is 2.13. The van der Waals surface area contributed by atoms with Gasteiger partial charge in [-0.3, -0.25) is 14.9 Å². The lowest BCUT2D eigenvalue weighted by molar-refractivity contribution is -0.384. The van der Waals surface area contributed by atoms with Crippen LogP contribution in [0, 0.1) is 10.1 Å². The molecular weight excluding hydrogens is 320 g/mol. The van der Waals surface area contributed by atoms with Gasteiger partial charge in [0.15, 0.2) is 0 Å². The molecule has 128 valence electrons. The predicted octanol–water partition coefficient (Wildman–Crippen LogP) is 4.36. The number of carbonyl (C=O) groups excluding carboxylic acids is 1. The molecule has 1 heterocycles. The smallest absolute Gasteiger partial charge is 0.270 e. The van der Waals surface area contributed by atoms with Crippen molar-refractivity contribution in [1.29, 1.82) is 0 Å². The van der Waals surface area contributed by atoms with Gasteiger partial charge in [-0.05, 0) is 48.7 Å². The van der Waals surface area contributed by atoms with Crippen molar-refractivity contribution in [2.75, 3.05) is 0 Å². The molecule has 0 unspecified atom stereocenters. The van der Waals surface area contributed by atoms with E-state index in [4.69, 9.17) is 0 Å². The van der Waals surface area contributed by atoms with Gasteiger partial charge in [-0.2, -0.15) is 0 Å². The van der Waals surface area contributed by atoms with Crippen LogP contribution < -0.4 is 0 Å². The van der Waals surface area contributed by atoms with Crippen molar-refractivity contribution in [1.82, 2.24) is 4.98 Å². The second-order valence-electron chi connectivity index (χ2n) is 5.95. The van der Waals surface area contributed by atoms with Gasteiger partial charge in [0, 0.05) is 28.6 Å². The molecule has 0 amide bonds. The van der Waals surface area contributed by atoms with Crippen LogP contribution in [0.4, 0.5) is 5.69 Å². The summed E-state index contributed by atoms with van der Waals surface area (Å²) in [6, 6.07) is 10.6. The van der Waals surface area contributed by atoms with Crippen molar-refractivity contribution in [3.05, 3.63) is 69.4 Å². The van der Waals surface area contributed by atoms with Crippen molar-refractivity contribution in [2.45, 2.75) is 26.2 Å². The fourth-order valence-electron chi connectivity index (χ4n) is 2.91. The number of ketones is 1. The van der Waals surface area contributed by atoms with Gasteiger partial charge < -0.3 is 10.1 Å². The number of aromatic hydroxyl groups is 1. The van der Waals surface area contributed by atoms with Crippen LogP contribution in [0.1, 0.15) is 41.4 Å². The first-order valence-corrected chi connectivity index (χ1v) is 8.14. The molecule has 6 nitrogen and oxygen atoms in total. The third-order valence-corrected chi connectivity index (χ3v) is 4.24. The van der Waals surface area contributed by atoms with E-state index in [1.165, 1.54) is 24.3 Å². The fourth-order valence-corrected chi connectivity index (χ4v) is 2.91. The van der Waals surface area contributed by atoms with Crippen molar-refractivity contribution in [2.24, 2.45) is 0 Å². The van der Waals surface area contributed by atoms with E-state index in [9.17, 15) is 20.0 Å². The first-order chi connectivity index (χ1) is 12.0. The number of nitro benzene ring substituents is 1. The minimum atomic E-state index is -0.433. The molecule has 0 spiro atoms. The molecule has 1 aromatic heterocycles. The van der Waals surface area contributed by atoms with E-state index >= 15 is 0 Å². The Morgan fingerprint density at radius 2 is 1.92 bits per heavy atom. The van der Waals surface area contributed by atoms with Crippen LogP contribution in [-0.2, 0) is 6.42 Å². The number of phenolic OH excluding ortho intramolecular Hbond substituents is 1. The molecule has 0 fully saturated rings. The predicted molar refractivity (Wildman–Crippen MR) is 95.1 cm³/mol. The van der Waals surface area contributed by atoms with Crippen molar-refractivity contribution in [3.63, 3.8) is 0 Å². The van der Waals surface area contributed by atoms with Crippen LogP contribution in [-0.4, -0.2) is 20.8 Å². The van der Waals surface area contributed by atoms with Crippen molar-refractivity contribution < 1.29 is 14.8 Å². The molecule has 0 aliphatic carbocycles. The number of aromatic amines is 1. The summed E-state index contributed by atoms with van der Waals surface area (Å²) >= 11 is 0. The number of rotatable bonds is 6. The number of benzene rings is 2. The Labute approximate surface area is 144 Å². The van der Waals surface area contributed by atoms with Crippen LogP contribution >= 0.6 is 0 Å². The molecule has 0 atom stereocenters. The number of nitrogens with one attached hydrogen (secondary N) is 1. The third kappa shape index (κ3) is 3.24. The number of phenols is 1. The Hall–Kier alpha value is -3.15. The van der Waals surface area contributed by atoms with E-state index in [0.717, 1.165) is 18.4 Å². The lowest BCUT2D eigenvalue weighted by atomic mass is 9.99. The number of hydrogen-bond donors (Lipinski definition) is 2. The Bertz CT molecular complexity index is 942. The second-order valence-corrected chi connectivity index (χ2v) is 5.95. The van der Waals surface area contributed by atoms with Gasteiger partial charge in [0.2, 0.25) is 5.78 Å². The lowest BCUT2D eigenvalue weighted by Crippen LogP contribution is -2.05. The Morgan fingerprint density at radius 3 is 2.56 bits per heavy atom. The van der Waals surface area contributed by atoms with Gasteiger partial charge in [-0.25, -0.2) is 0 Å². The summed E-state index contributed by atoms with van der Waals surface area (Å²) in [5, 5.41) is 21.2. The molecule has 0 bridgehead atoms. The highest BCUT2D eigenvalue weighted by molar-refractivity contribution is 6.12.